The Hall–Kier alpha value is -0.630. The van der Waals surface area contributed by atoms with Crippen LogP contribution in [0.25, 0.3) is 0 Å². The molecule has 0 aliphatic heterocycles. The number of hydrogen-bond acceptors (Lipinski definition) is 4. The van der Waals surface area contributed by atoms with Crippen LogP contribution >= 0.6 is 0 Å². The summed E-state index contributed by atoms with van der Waals surface area (Å²) in [7, 11) is 0. The second-order valence-corrected chi connectivity index (χ2v) is 5.91. The monoisotopic (exact) mass is 620 g/mol. The van der Waals surface area contributed by atoms with Crippen LogP contribution in [0.2, 0.25) is 0 Å². The van der Waals surface area contributed by atoms with E-state index in [0.717, 1.165) is 9.47 Å². The summed E-state index contributed by atoms with van der Waals surface area (Å²) in [5.41, 5.74) is 0. The summed E-state index contributed by atoms with van der Waals surface area (Å²) in [6.07, 6.45) is -55.5. The molecule has 218 valence electrons. The first-order chi connectivity index (χ1) is 15.2. The zero-order valence-corrected chi connectivity index (χ0v) is 18.3. The topological polar surface area (TPSA) is 50.8 Å². The van der Waals surface area contributed by atoms with Gasteiger partial charge in [0.05, 0.1) is 0 Å². The molecular weight excluding hydrogens is 618 g/mol. The second-order valence-electron chi connectivity index (χ2n) is 5.91. The molecule has 26 heteroatoms. The van der Waals surface area contributed by atoms with Crippen LogP contribution in [0, 0.1) is 0 Å². The fourth-order valence-corrected chi connectivity index (χ4v) is 1.48. The van der Waals surface area contributed by atoms with Gasteiger partial charge in [0.1, 0.15) is 0 Å². The minimum atomic E-state index is -8.47. The van der Waals surface area contributed by atoms with Crippen LogP contribution in [0.4, 0.5) is 92.2 Å². The van der Waals surface area contributed by atoms with Gasteiger partial charge in [-0.25, -0.2) is 4.39 Å². The molecule has 0 amide bonds. The molecule has 0 bridgehead atoms. The fourth-order valence-electron chi connectivity index (χ4n) is 1.48. The fraction of sp³-hybridized carbons (Fsp3) is 1.00. The summed E-state index contributed by atoms with van der Waals surface area (Å²) >= 11 is 0. The van der Waals surface area contributed by atoms with E-state index in [2.05, 4.69) is 0 Å². The molecule has 0 aromatic rings. The number of ether oxygens (including phenoxy) is 3. The molecule has 0 aromatic heterocycles. The predicted molar refractivity (Wildman–Crippen MR) is 58.7 cm³/mol. The van der Waals surface area contributed by atoms with Crippen molar-refractivity contribution in [1.29, 1.82) is 0 Å². The summed E-state index contributed by atoms with van der Waals surface area (Å²) in [4.78, 5) is 0. The molecular formula is C11H2F21NaO4. The van der Waals surface area contributed by atoms with Crippen LogP contribution in [0.1, 0.15) is 0 Å². The average Bonchev–Trinajstić information content (AvgIpc) is 2.56. The van der Waals surface area contributed by atoms with Crippen LogP contribution in [0.3, 0.4) is 0 Å². The zero-order valence-electron chi connectivity index (χ0n) is 16.3. The van der Waals surface area contributed by atoms with Crippen molar-refractivity contribution >= 4 is 0 Å². The maximum absolute atomic E-state index is 13.9. The first kappa shape index (κ1) is 38.5. The normalized spacial score (nSPS) is 19.9. The molecule has 3 unspecified atom stereocenters. The zero-order chi connectivity index (χ0) is 29.8. The van der Waals surface area contributed by atoms with Gasteiger partial charge in [0, 0.05) is 0 Å². The van der Waals surface area contributed by atoms with E-state index in [1.807, 2.05) is 0 Å². The molecule has 4 nitrogen and oxygen atoms in total. The van der Waals surface area contributed by atoms with E-state index in [1.54, 1.807) is 4.74 Å². The maximum Gasteiger partial charge on any atom is 1.00 e. The van der Waals surface area contributed by atoms with Crippen molar-refractivity contribution in [2.24, 2.45) is 0 Å². The molecule has 0 spiro atoms. The molecule has 0 saturated carbocycles. The summed E-state index contributed by atoms with van der Waals surface area (Å²) in [6, 6.07) is 0. The van der Waals surface area contributed by atoms with Crippen molar-refractivity contribution in [3.63, 3.8) is 0 Å². The summed E-state index contributed by atoms with van der Waals surface area (Å²) in [5, 5.41) is 10.1. The van der Waals surface area contributed by atoms with E-state index in [-0.39, 0.29) is 29.6 Å². The van der Waals surface area contributed by atoms with Crippen molar-refractivity contribution in [2.75, 3.05) is 6.61 Å². The van der Waals surface area contributed by atoms with Crippen LogP contribution in [-0.2, 0) is 14.2 Å². The first-order valence-electron chi connectivity index (χ1n) is 7.34. The Labute approximate surface area is 208 Å². The van der Waals surface area contributed by atoms with E-state index in [4.69, 9.17) is 0 Å². The number of alkyl halides is 21. The Morgan fingerprint density at radius 3 is 0.865 bits per heavy atom. The van der Waals surface area contributed by atoms with Gasteiger partial charge in [0.15, 0.2) is 0 Å². The smallest absolute Gasteiger partial charge is 0.850 e. The van der Waals surface area contributed by atoms with Crippen LogP contribution in [0.5, 0.6) is 0 Å². The quantitative estimate of drug-likeness (QED) is 0.294. The molecule has 0 radical (unpaired) electrons. The Morgan fingerprint density at radius 2 is 0.649 bits per heavy atom. The molecule has 0 fully saturated rings. The van der Waals surface area contributed by atoms with E-state index in [1.165, 1.54) is 0 Å². The number of rotatable bonds is 9. The standard InChI is InChI=1S/C11H2F21O4.Na/c12-2(1-33,5(15,16)17)34-9(27,28)3(13,6(18,19)20)35-10(29,30)4(14,7(21,22)23)36-11(31,32)8(24,25)26;/h1H2;/q-1;+1. The molecule has 0 rings (SSSR count). The van der Waals surface area contributed by atoms with Gasteiger partial charge in [-0.3, -0.25) is 14.2 Å². The van der Waals surface area contributed by atoms with Gasteiger partial charge in [-0.1, -0.05) is 6.61 Å². The third-order valence-corrected chi connectivity index (χ3v) is 3.24. The molecule has 0 saturated heterocycles. The third-order valence-electron chi connectivity index (χ3n) is 3.24. The average molecular weight is 620 g/mol. The van der Waals surface area contributed by atoms with Crippen LogP contribution in [-0.4, -0.2) is 67.2 Å². The molecule has 0 N–H and O–H groups in total. The largest absolute Gasteiger partial charge is 1.00 e. The Balaban J connectivity index is 0. The van der Waals surface area contributed by atoms with Gasteiger partial charge in [-0.05, 0) is 0 Å². The van der Waals surface area contributed by atoms with Gasteiger partial charge in [-0.15, -0.1) is 0 Å². The minimum absolute atomic E-state index is 0. The van der Waals surface area contributed by atoms with Crippen molar-refractivity contribution < 1.29 is 141 Å². The van der Waals surface area contributed by atoms with Crippen molar-refractivity contribution in [3.05, 3.63) is 0 Å². The van der Waals surface area contributed by atoms with Gasteiger partial charge in [0.25, 0.3) is 5.85 Å². The Bertz CT molecular complexity index is 772. The summed E-state index contributed by atoms with van der Waals surface area (Å²) < 4.78 is 272. The van der Waals surface area contributed by atoms with E-state index >= 15 is 0 Å². The molecule has 37 heavy (non-hydrogen) atoms. The van der Waals surface area contributed by atoms with Crippen LogP contribution < -0.4 is 34.7 Å². The molecule has 3 atom stereocenters. The van der Waals surface area contributed by atoms with Gasteiger partial charge in [-0.2, -0.15) is 87.8 Å². The van der Waals surface area contributed by atoms with Crippen molar-refractivity contribution in [2.45, 2.75) is 60.6 Å². The molecule has 0 aromatic carbocycles. The summed E-state index contributed by atoms with van der Waals surface area (Å²) in [5.74, 6) is -23.4. The second kappa shape index (κ2) is 10.4. The first-order valence-corrected chi connectivity index (χ1v) is 7.34. The summed E-state index contributed by atoms with van der Waals surface area (Å²) in [6.45, 7) is -3.80. The van der Waals surface area contributed by atoms with Gasteiger partial charge >= 0.3 is 84.3 Å². The van der Waals surface area contributed by atoms with E-state index in [0.29, 0.717) is 0 Å². The predicted octanol–water partition coefficient (Wildman–Crippen LogP) is 2.43. The van der Waals surface area contributed by atoms with Crippen molar-refractivity contribution in [1.82, 2.24) is 0 Å². The number of hydrogen-bond donors (Lipinski definition) is 0. The third kappa shape index (κ3) is 7.12. The van der Waals surface area contributed by atoms with Crippen LogP contribution in [0.15, 0.2) is 0 Å². The maximum atomic E-state index is 13.9. The van der Waals surface area contributed by atoms with E-state index < -0.39 is 67.2 Å². The Kier molecular flexibility index (Phi) is 10.8. The van der Waals surface area contributed by atoms with Gasteiger partial charge < -0.3 is 5.11 Å². The van der Waals surface area contributed by atoms with Crippen molar-refractivity contribution in [3.8, 4) is 0 Å². The number of halogens is 21. The molecule has 0 heterocycles. The molecule has 0 aliphatic carbocycles. The SMILES string of the molecule is [Na+].[O-]CC(F)(OC(F)(F)C(F)(OC(F)(F)C(F)(OC(F)(F)C(F)(F)F)C(F)(F)F)C(F)(F)F)C(F)(F)F. The van der Waals surface area contributed by atoms with E-state index in [9.17, 15) is 97.3 Å². The molecule has 0 aliphatic rings. The Morgan fingerprint density at radius 1 is 0.378 bits per heavy atom. The minimum Gasteiger partial charge on any atom is -0.850 e. The van der Waals surface area contributed by atoms with Gasteiger partial charge in [0.2, 0.25) is 0 Å².